The fourth-order valence-corrected chi connectivity index (χ4v) is 5.70. The molecule has 15 heavy (non-hydrogen) atoms. The average molecular weight is 297 g/mol. The Morgan fingerprint density at radius 1 is 1.33 bits per heavy atom. The first-order valence-corrected chi connectivity index (χ1v) is 9.74. The molecule has 0 saturated heterocycles. The van der Waals surface area contributed by atoms with E-state index in [0.717, 1.165) is 21.8 Å². The molecule has 0 N–H and O–H groups in total. The lowest BCUT2D eigenvalue weighted by molar-refractivity contribution is 0.614. The van der Waals surface area contributed by atoms with Crippen LogP contribution in [0.4, 0.5) is 0 Å². The van der Waals surface area contributed by atoms with Crippen molar-refractivity contribution < 1.29 is 0 Å². The van der Waals surface area contributed by atoms with Crippen molar-refractivity contribution in [2.45, 2.75) is 0 Å². The maximum Gasteiger partial charge on any atom is 0.163 e. The minimum Gasteiger partial charge on any atom is -0.216 e. The molecule has 1 rings (SSSR count). The van der Waals surface area contributed by atoms with Crippen molar-refractivity contribution in [2.75, 3.05) is 17.4 Å². The van der Waals surface area contributed by atoms with Crippen LogP contribution in [0, 0.1) is 0 Å². The van der Waals surface area contributed by atoms with E-state index in [2.05, 4.69) is 18.3 Å². The second kappa shape index (κ2) is 8.81. The van der Waals surface area contributed by atoms with Gasteiger partial charge in [0.25, 0.3) is 0 Å². The Labute approximate surface area is 111 Å². The summed E-state index contributed by atoms with van der Waals surface area (Å²) >= 11 is 1.78. The van der Waals surface area contributed by atoms with Crippen LogP contribution in [0.15, 0.2) is 30.4 Å². The lowest BCUT2D eigenvalue weighted by atomic mass is 10.8. The monoisotopic (exact) mass is 296 g/mol. The molecular weight excluding hydrogens is 284 g/mol. The fourth-order valence-electron chi connectivity index (χ4n) is 0.610. The van der Waals surface area contributed by atoms with Crippen LogP contribution in [-0.2, 0) is 0 Å². The van der Waals surface area contributed by atoms with E-state index in [1.54, 1.807) is 55.1 Å². The third-order valence-corrected chi connectivity index (χ3v) is 6.97. The summed E-state index contributed by atoms with van der Waals surface area (Å²) in [5, 5.41) is 4.46. The highest BCUT2D eigenvalue weighted by Gasteiger charge is 2.16. The van der Waals surface area contributed by atoms with E-state index in [1.165, 1.54) is 0 Å². The number of hydrogen-bond donors (Lipinski definition) is 0. The summed E-state index contributed by atoms with van der Waals surface area (Å²) in [6.07, 6.45) is 3.81. The molecule has 1 aliphatic heterocycles. The molecule has 0 fully saturated rings. The van der Waals surface area contributed by atoms with E-state index in [1.807, 2.05) is 16.6 Å². The summed E-state index contributed by atoms with van der Waals surface area (Å²) in [7, 11) is 6.93. The Morgan fingerprint density at radius 3 is 2.80 bits per heavy atom. The molecule has 0 atom stereocenters. The maximum absolute atomic E-state index is 4.46. The van der Waals surface area contributed by atoms with Gasteiger partial charge in [0.05, 0.1) is 0 Å². The van der Waals surface area contributed by atoms with Crippen molar-refractivity contribution in [3.8, 4) is 0 Å². The first kappa shape index (κ1) is 13.8. The minimum absolute atomic E-state index is 0.936. The molecule has 0 aliphatic carbocycles. The smallest absolute Gasteiger partial charge is 0.163 e. The molecular formula is C8H12N2S5. The maximum atomic E-state index is 4.46. The predicted octanol–water partition coefficient (Wildman–Crippen LogP) is 4.31. The highest BCUT2D eigenvalue weighted by atomic mass is 33.1. The SMILES string of the molecule is C=CCSSC1=NN(SSCC=C)CS1. The topological polar surface area (TPSA) is 15.6 Å². The molecule has 0 spiro atoms. The number of rotatable bonds is 7. The highest BCUT2D eigenvalue weighted by Crippen LogP contribution is 2.38. The van der Waals surface area contributed by atoms with Crippen LogP contribution in [0.5, 0.6) is 0 Å². The summed E-state index contributed by atoms with van der Waals surface area (Å²) in [5.41, 5.74) is 0. The molecule has 0 saturated carbocycles. The third-order valence-electron chi connectivity index (χ3n) is 1.13. The summed E-state index contributed by atoms with van der Waals surface area (Å²) < 4.78 is 3.14. The molecule has 0 aromatic carbocycles. The summed E-state index contributed by atoms with van der Waals surface area (Å²) in [4.78, 5) is 0. The van der Waals surface area contributed by atoms with Gasteiger partial charge in [-0.3, -0.25) is 0 Å². The highest BCUT2D eigenvalue weighted by molar-refractivity contribution is 8.86. The van der Waals surface area contributed by atoms with Crippen molar-refractivity contribution in [1.29, 1.82) is 0 Å². The first-order valence-electron chi connectivity index (χ1n) is 4.16. The van der Waals surface area contributed by atoms with E-state index in [4.69, 9.17) is 0 Å². The van der Waals surface area contributed by atoms with Crippen LogP contribution >= 0.6 is 55.1 Å². The second-order valence-corrected chi connectivity index (χ2v) is 8.11. The second-order valence-electron chi connectivity index (χ2n) is 2.30. The van der Waals surface area contributed by atoms with Gasteiger partial charge in [-0.2, -0.15) is 5.10 Å². The Bertz CT molecular complexity index is 243. The van der Waals surface area contributed by atoms with Gasteiger partial charge in [-0.15, -0.1) is 13.2 Å². The average Bonchev–Trinajstić information content (AvgIpc) is 2.67. The van der Waals surface area contributed by atoms with E-state index >= 15 is 0 Å². The molecule has 1 aliphatic rings. The third kappa shape index (κ3) is 6.11. The normalized spacial score (nSPS) is 15.2. The minimum atomic E-state index is 0.936. The fraction of sp³-hybridized carbons (Fsp3) is 0.375. The summed E-state index contributed by atoms with van der Waals surface area (Å²) in [6, 6.07) is 0. The van der Waals surface area contributed by atoms with E-state index in [9.17, 15) is 0 Å². The van der Waals surface area contributed by atoms with Gasteiger partial charge in [0.1, 0.15) is 5.88 Å². The van der Waals surface area contributed by atoms with E-state index in [0.29, 0.717) is 0 Å². The molecule has 0 bridgehead atoms. The van der Waals surface area contributed by atoms with Gasteiger partial charge < -0.3 is 0 Å². The van der Waals surface area contributed by atoms with Gasteiger partial charge in [0.15, 0.2) is 4.38 Å². The van der Waals surface area contributed by atoms with Crippen molar-refractivity contribution in [3.05, 3.63) is 25.3 Å². The van der Waals surface area contributed by atoms with Gasteiger partial charge in [0, 0.05) is 22.5 Å². The predicted molar refractivity (Wildman–Crippen MR) is 82.2 cm³/mol. The van der Waals surface area contributed by atoms with Gasteiger partial charge in [-0.25, -0.2) is 4.41 Å². The molecule has 0 amide bonds. The van der Waals surface area contributed by atoms with E-state index < -0.39 is 0 Å². The van der Waals surface area contributed by atoms with Crippen LogP contribution < -0.4 is 0 Å². The molecule has 1 heterocycles. The standard InChI is InChI=1S/C8H12N2S5/c1-3-5-12-14-8-9-10(7-11-8)15-13-6-4-2/h3-4H,1-2,5-7H2. The van der Waals surface area contributed by atoms with Crippen molar-refractivity contribution in [1.82, 2.24) is 4.41 Å². The largest absolute Gasteiger partial charge is 0.216 e. The number of hydrogen-bond acceptors (Lipinski definition) is 7. The molecule has 84 valence electrons. The van der Waals surface area contributed by atoms with Gasteiger partial charge in [0.2, 0.25) is 0 Å². The summed E-state index contributed by atoms with van der Waals surface area (Å²) in [5.74, 6) is 2.85. The van der Waals surface area contributed by atoms with Crippen molar-refractivity contribution >= 4 is 59.5 Å². The molecule has 2 nitrogen and oxygen atoms in total. The first-order chi connectivity index (χ1) is 7.36. The van der Waals surface area contributed by atoms with Crippen molar-refractivity contribution in [2.24, 2.45) is 5.10 Å². The quantitative estimate of drug-likeness (QED) is 0.299. The molecule has 0 aromatic heterocycles. The lowest BCUT2D eigenvalue weighted by Crippen LogP contribution is -1.98. The summed E-state index contributed by atoms with van der Waals surface area (Å²) in [6.45, 7) is 7.36. The van der Waals surface area contributed by atoms with E-state index in [-0.39, 0.29) is 0 Å². The lowest BCUT2D eigenvalue weighted by Gasteiger charge is -2.07. The van der Waals surface area contributed by atoms with Gasteiger partial charge in [-0.05, 0) is 10.8 Å². The Morgan fingerprint density at radius 2 is 2.07 bits per heavy atom. The zero-order valence-corrected chi connectivity index (χ0v) is 12.2. The van der Waals surface area contributed by atoms with Crippen LogP contribution in [0.25, 0.3) is 0 Å². The van der Waals surface area contributed by atoms with Crippen LogP contribution in [-0.4, -0.2) is 26.2 Å². The Kier molecular flexibility index (Phi) is 8.08. The zero-order valence-electron chi connectivity index (χ0n) is 8.13. The molecule has 7 heteroatoms. The van der Waals surface area contributed by atoms with Gasteiger partial charge in [-0.1, -0.05) is 45.5 Å². The van der Waals surface area contributed by atoms with Gasteiger partial charge >= 0.3 is 0 Å². The number of nitrogens with zero attached hydrogens (tertiary/aromatic N) is 2. The molecule has 0 aromatic rings. The zero-order chi connectivity index (χ0) is 10.9. The van der Waals surface area contributed by atoms with Crippen molar-refractivity contribution in [3.63, 3.8) is 0 Å². The van der Waals surface area contributed by atoms with Crippen LogP contribution in [0.2, 0.25) is 0 Å². The van der Waals surface area contributed by atoms with Crippen LogP contribution in [0.3, 0.4) is 0 Å². The van der Waals surface area contributed by atoms with Crippen LogP contribution in [0.1, 0.15) is 0 Å². The molecule has 0 radical (unpaired) electrons. The number of hydrazone groups is 1. The Hall–Kier alpha value is 0.700. The number of thioether (sulfide) groups is 1. The molecule has 0 unspecified atom stereocenters. The Balaban J connectivity index is 2.15.